The van der Waals surface area contributed by atoms with Crippen LogP contribution in [0.25, 0.3) is 5.57 Å². The van der Waals surface area contributed by atoms with Crippen molar-refractivity contribution in [2.45, 2.75) is 32.9 Å². The second kappa shape index (κ2) is 12.0. The minimum absolute atomic E-state index is 0.0677. The van der Waals surface area contributed by atoms with Crippen molar-refractivity contribution in [3.63, 3.8) is 0 Å². The zero-order chi connectivity index (χ0) is 27.3. The first-order valence-electron chi connectivity index (χ1n) is 11.9. The van der Waals surface area contributed by atoms with E-state index in [-0.39, 0.29) is 30.6 Å². The smallest absolute Gasteiger partial charge is 0.233 e. The van der Waals surface area contributed by atoms with Crippen LogP contribution in [-0.4, -0.2) is 58.3 Å². The Labute approximate surface area is 216 Å². The number of carbonyl (C=O) groups is 1. The summed E-state index contributed by atoms with van der Waals surface area (Å²) in [6.07, 6.45) is 10.6. The van der Waals surface area contributed by atoms with Crippen molar-refractivity contribution in [1.29, 1.82) is 0 Å². The summed E-state index contributed by atoms with van der Waals surface area (Å²) in [7, 11) is -0.749. The van der Waals surface area contributed by atoms with Crippen molar-refractivity contribution in [3.05, 3.63) is 58.9 Å². The lowest BCUT2D eigenvalue weighted by molar-refractivity contribution is -0.123. The number of allylic oxidation sites excluding steroid dienone is 2. The number of ether oxygens (including phenoxy) is 1. The first-order chi connectivity index (χ1) is 17.4. The molecule has 1 fully saturated rings. The van der Waals surface area contributed by atoms with Crippen LogP contribution in [0.2, 0.25) is 0 Å². The van der Waals surface area contributed by atoms with Gasteiger partial charge in [-0.15, -0.1) is 5.10 Å². The highest BCUT2D eigenvalue weighted by molar-refractivity contribution is 8.32. The zero-order valence-corrected chi connectivity index (χ0v) is 22.5. The van der Waals surface area contributed by atoms with Crippen LogP contribution < -0.4 is 16.4 Å². The van der Waals surface area contributed by atoms with Crippen molar-refractivity contribution >= 4 is 27.5 Å². The van der Waals surface area contributed by atoms with Crippen LogP contribution in [0.4, 0.5) is 19.1 Å². The van der Waals surface area contributed by atoms with Crippen molar-refractivity contribution in [2.24, 2.45) is 17.4 Å². The maximum atomic E-state index is 13.7. The molecule has 2 aromatic rings. The fourth-order valence-corrected chi connectivity index (χ4v) is 4.63. The lowest BCUT2D eigenvalue weighted by Gasteiger charge is -2.31. The van der Waals surface area contributed by atoms with E-state index in [2.05, 4.69) is 28.8 Å². The molecule has 37 heavy (non-hydrogen) atoms. The van der Waals surface area contributed by atoms with Gasteiger partial charge in [-0.05, 0) is 74.4 Å². The highest BCUT2D eigenvalue weighted by Crippen LogP contribution is 2.34. The number of aromatic nitrogens is 3. The van der Waals surface area contributed by atoms with Gasteiger partial charge in [0.05, 0.1) is 6.61 Å². The van der Waals surface area contributed by atoms with E-state index in [1.54, 1.807) is 6.92 Å². The van der Waals surface area contributed by atoms with Crippen molar-refractivity contribution < 1.29 is 22.7 Å². The van der Waals surface area contributed by atoms with Crippen LogP contribution in [0.5, 0.6) is 0 Å². The molecule has 3 rings (SSSR count). The van der Waals surface area contributed by atoms with Gasteiger partial charge in [0.1, 0.15) is 6.73 Å². The third kappa shape index (κ3) is 7.07. The van der Waals surface area contributed by atoms with Gasteiger partial charge >= 0.3 is 0 Å². The molecule has 1 aromatic heterocycles. The molecule has 0 radical (unpaired) electrons. The van der Waals surface area contributed by atoms with E-state index < -0.39 is 33.4 Å². The Morgan fingerprint density at radius 1 is 1.19 bits per heavy atom. The van der Waals surface area contributed by atoms with E-state index in [0.717, 1.165) is 17.9 Å². The average molecular weight is 541 g/mol. The number of piperidine rings is 1. The van der Waals surface area contributed by atoms with Gasteiger partial charge < -0.3 is 16.2 Å². The minimum Gasteiger partial charge on any atom is -0.404 e. The number of nitrogens with two attached hydrogens (primary N) is 2. The summed E-state index contributed by atoms with van der Waals surface area (Å²) in [6.45, 7) is 2.75. The molecule has 12 heteroatoms. The maximum Gasteiger partial charge on any atom is 0.233 e. The number of amides is 1. The Kier molecular flexibility index (Phi) is 9.30. The molecule has 4 N–H and O–H groups in total. The summed E-state index contributed by atoms with van der Waals surface area (Å²) < 4.78 is 48.2. The van der Waals surface area contributed by atoms with E-state index >= 15 is 0 Å². The van der Waals surface area contributed by atoms with Crippen LogP contribution in [0.3, 0.4) is 0 Å². The number of hydrogen-bond donors (Lipinski definition) is 2. The Morgan fingerprint density at radius 2 is 1.86 bits per heavy atom. The molecule has 1 aliphatic rings. The number of hydrogen-bond acceptors (Lipinski definition) is 6. The van der Waals surface area contributed by atoms with Crippen LogP contribution >= 0.6 is 10.0 Å². The Hall–Kier alpha value is -2.99. The highest BCUT2D eigenvalue weighted by Gasteiger charge is 2.33. The predicted molar refractivity (Wildman–Crippen MR) is 141 cm³/mol. The fourth-order valence-electron chi connectivity index (χ4n) is 4.01. The van der Waals surface area contributed by atoms with Gasteiger partial charge in [0.15, 0.2) is 23.3 Å². The van der Waals surface area contributed by atoms with Crippen LogP contribution in [0.1, 0.15) is 31.2 Å². The standard InChI is InChI=1S/C25H35F3N6O2S/c1-16(13-29)19(14-30)23-31-25(34(32-23)15-36-8-9-37(2,3)4)33-7-5-6-18(24(33)35)10-17-11-20(26)22(28)21(27)12-17/h11-14,18H,5-10,15,29-30H2,1-4H3/b16-13-,19-14+. The topological polar surface area (TPSA) is 112 Å². The van der Waals surface area contributed by atoms with Crippen LogP contribution in [0, 0.1) is 23.4 Å². The molecule has 0 saturated carbocycles. The van der Waals surface area contributed by atoms with Crippen molar-refractivity contribution in [3.8, 4) is 0 Å². The number of nitrogens with zero attached hydrogens (tertiary/aromatic N) is 4. The molecule has 1 atom stereocenters. The maximum absolute atomic E-state index is 13.7. The van der Waals surface area contributed by atoms with Crippen molar-refractivity contribution in [1.82, 2.24) is 14.8 Å². The predicted octanol–water partition coefficient (Wildman–Crippen LogP) is 3.51. The summed E-state index contributed by atoms with van der Waals surface area (Å²) in [4.78, 5) is 19.6. The quantitative estimate of drug-likeness (QED) is 0.271. The van der Waals surface area contributed by atoms with Crippen LogP contribution in [-0.2, 0) is 22.7 Å². The van der Waals surface area contributed by atoms with Gasteiger partial charge in [-0.1, -0.05) is 0 Å². The van der Waals surface area contributed by atoms with Gasteiger partial charge in [0.25, 0.3) is 0 Å². The monoisotopic (exact) mass is 540 g/mol. The SMILES string of the molecule is CC(=C/N)/C(=C\N)c1nc(N2CCCC(Cc3cc(F)c(F)c(F)c3)C2=O)n(COCCS(C)(C)C)n1. The molecule has 2 heterocycles. The van der Waals surface area contributed by atoms with Gasteiger partial charge in [0.2, 0.25) is 11.9 Å². The normalized spacial score (nSPS) is 18.0. The molecule has 1 aliphatic heterocycles. The fraction of sp³-hybridized carbons (Fsp3) is 0.480. The second-order valence-electron chi connectivity index (χ2n) is 9.90. The largest absolute Gasteiger partial charge is 0.404 e. The average Bonchev–Trinajstić information content (AvgIpc) is 3.24. The summed E-state index contributed by atoms with van der Waals surface area (Å²) >= 11 is 0. The van der Waals surface area contributed by atoms with E-state index in [0.29, 0.717) is 43.0 Å². The molecular weight excluding hydrogens is 505 g/mol. The Morgan fingerprint density at radius 3 is 2.46 bits per heavy atom. The Bertz CT molecular complexity index is 1170. The molecule has 0 aliphatic carbocycles. The molecule has 1 saturated heterocycles. The zero-order valence-electron chi connectivity index (χ0n) is 21.6. The highest BCUT2D eigenvalue weighted by atomic mass is 32.3. The molecule has 0 spiro atoms. The number of anilines is 1. The second-order valence-corrected chi connectivity index (χ2v) is 14.5. The van der Waals surface area contributed by atoms with Crippen molar-refractivity contribution in [2.75, 3.05) is 42.6 Å². The number of rotatable bonds is 10. The van der Waals surface area contributed by atoms with Gasteiger partial charge in [0, 0.05) is 30.0 Å². The first-order valence-corrected chi connectivity index (χ1v) is 14.9. The minimum atomic E-state index is -1.53. The molecule has 0 bridgehead atoms. The molecule has 204 valence electrons. The van der Waals surface area contributed by atoms with E-state index in [9.17, 15) is 18.0 Å². The van der Waals surface area contributed by atoms with E-state index in [4.69, 9.17) is 16.2 Å². The third-order valence-electron chi connectivity index (χ3n) is 6.10. The number of carbonyl (C=O) groups excluding carboxylic acids is 1. The summed E-state index contributed by atoms with van der Waals surface area (Å²) in [5.41, 5.74) is 12.9. The molecule has 1 aromatic carbocycles. The van der Waals surface area contributed by atoms with Gasteiger partial charge in [-0.2, -0.15) is 4.98 Å². The molecule has 8 nitrogen and oxygen atoms in total. The van der Waals surface area contributed by atoms with Gasteiger partial charge in [-0.25, -0.2) is 27.9 Å². The van der Waals surface area contributed by atoms with Gasteiger partial charge in [-0.3, -0.25) is 9.69 Å². The van der Waals surface area contributed by atoms with E-state index in [1.165, 1.54) is 22.0 Å². The molecule has 1 amide bonds. The third-order valence-corrected chi connectivity index (χ3v) is 7.50. The van der Waals surface area contributed by atoms with Crippen LogP contribution in [0.15, 0.2) is 30.1 Å². The summed E-state index contributed by atoms with van der Waals surface area (Å²) in [5.74, 6) is -3.43. The molecular formula is C25H35F3N6O2S. The summed E-state index contributed by atoms with van der Waals surface area (Å²) in [5, 5.41) is 4.54. The molecule has 1 unspecified atom stereocenters. The summed E-state index contributed by atoms with van der Waals surface area (Å²) in [6, 6.07) is 1.85. The lowest BCUT2D eigenvalue weighted by atomic mass is 9.90. The number of benzene rings is 1. The first kappa shape index (κ1) is 28.6. The number of halogens is 3. The van der Waals surface area contributed by atoms with E-state index in [1.807, 2.05) is 0 Å². The lowest BCUT2D eigenvalue weighted by Crippen LogP contribution is -2.43. The Balaban J connectivity index is 1.89.